The summed E-state index contributed by atoms with van der Waals surface area (Å²) >= 11 is 3.49. The van der Waals surface area contributed by atoms with E-state index in [1.54, 1.807) is 7.11 Å². The Bertz CT molecular complexity index is 644. The van der Waals surface area contributed by atoms with Crippen LogP contribution in [0.1, 0.15) is 35.3 Å². The molecule has 1 heterocycles. The van der Waals surface area contributed by atoms with E-state index in [4.69, 9.17) is 15.2 Å². The SMILES string of the molecule is COCc1ccccc1C1C[C@H](N)c2ccc(Br)cc2O1. The molecule has 2 atom stereocenters. The Hall–Kier alpha value is -1.36. The molecular weight excluding hydrogens is 330 g/mol. The van der Waals surface area contributed by atoms with Crippen LogP contribution >= 0.6 is 15.9 Å². The average Bonchev–Trinajstić information content (AvgIpc) is 2.47. The van der Waals surface area contributed by atoms with Gasteiger partial charge in [-0.25, -0.2) is 0 Å². The van der Waals surface area contributed by atoms with Crippen LogP contribution in [0.4, 0.5) is 0 Å². The maximum absolute atomic E-state index is 6.32. The number of halogens is 1. The molecular formula is C17H18BrNO2. The van der Waals surface area contributed by atoms with E-state index in [1.807, 2.05) is 30.3 Å². The second-order valence-corrected chi connectivity index (χ2v) is 6.18. The average molecular weight is 348 g/mol. The summed E-state index contributed by atoms with van der Waals surface area (Å²) in [5, 5.41) is 0. The van der Waals surface area contributed by atoms with Crippen molar-refractivity contribution >= 4 is 15.9 Å². The first-order valence-electron chi connectivity index (χ1n) is 6.97. The van der Waals surface area contributed by atoms with Crippen molar-refractivity contribution in [2.24, 2.45) is 5.73 Å². The van der Waals surface area contributed by atoms with Crippen molar-refractivity contribution in [1.82, 2.24) is 0 Å². The van der Waals surface area contributed by atoms with E-state index in [-0.39, 0.29) is 12.1 Å². The fraction of sp³-hybridized carbons (Fsp3) is 0.294. The van der Waals surface area contributed by atoms with Crippen molar-refractivity contribution in [1.29, 1.82) is 0 Å². The first-order valence-corrected chi connectivity index (χ1v) is 7.76. The predicted octanol–water partition coefficient (Wildman–Crippen LogP) is 4.12. The molecule has 4 heteroatoms. The lowest BCUT2D eigenvalue weighted by molar-refractivity contribution is 0.151. The molecule has 2 aromatic carbocycles. The number of methoxy groups -OCH3 is 1. The molecule has 2 aromatic rings. The van der Waals surface area contributed by atoms with Crippen molar-refractivity contribution in [3.05, 3.63) is 63.6 Å². The first kappa shape index (κ1) is 14.6. The minimum Gasteiger partial charge on any atom is -0.485 e. The number of hydrogen-bond acceptors (Lipinski definition) is 3. The Morgan fingerprint density at radius 2 is 2.05 bits per heavy atom. The molecule has 3 rings (SSSR count). The molecule has 0 aliphatic carbocycles. The van der Waals surface area contributed by atoms with Gasteiger partial charge in [-0.05, 0) is 23.3 Å². The summed E-state index contributed by atoms with van der Waals surface area (Å²) in [6, 6.07) is 14.2. The van der Waals surface area contributed by atoms with Crippen molar-refractivity contribution < 1.29 is 9.47 Å². The Balaban J connectivity index is 1.95. The van der Waals surface area contributed by atoms with Gasteiger partial charge in [-0.15, -0.1) is 0 Å². The van der Waals surface area contributed by atoms with E-state index in [0.717, 1.165) is 33.3 Å². The Labute approximate surface area is 133 Å². The summed E-state index contributed by atoms with van der Waals surface area (Å²) in [6.07, 6.45) is 0.739. The molecule has 1 unspecified atom stereocenters. The molecule has 0 bridgehead atoms. The lowest BCUT2D eigenvalue weighted by Crippen LogP contribution is -2.24. The van der Waals surface area contributed by atoms with Gasteiger partial charge in [-0.3, -0.25) is 0 Å². The van der Waals surface area contributed by atoms with Crippen LogP contribution in [0.5, 0.6) is 5.75 Å². The molecule has 3 nitrogen and oxygen atoms in total. The summed E-state index contributed by atoms with van der Waals surface area (Å²) < 4.78 is 12.5. The van der Waals surface area contributed by atoms with E-state index in [0.29, 0.717) is 6.61 Å². The third-order valence-corrected chi connectivity index (χ3v) is 4.31. The van der Waals surface area contributed by atoms with Gasteiger partial charge >= 0.3 is 0 Å². The zero-order valence-corrected chi connectivity index (χ0v) is 13.5. The van der Waals surface area contributed by atoms with E-state index in [1.165, 1.54) is 0 Å². The van der Waals surface area contributed by atoms with Crippen LogP contribution in [0.25, 0.3) is 0 Å². The van der Waals surface area contributed by atoms with Crippen molar-refractivity contribution in [3.8, 4) is 5.75 Å². The van der Waals surface area contributed by atoms with Gasteiger partial charge in [-0.2, -0.15) is 0 Å². The summed E-state index contributed by atoms with van der Waals surface area (Å²) in [5.41, 5.74) is 9.69. The van der Waals surface area contributed by atoms with Gasteiger partial charge in [0.05, 0.1) is 6.61 Å². The molecule has 21 heavy (non-hydrogen) atoms. The highest BCUT2D eigenvalue weighted by atomic mass is 79.9. The largest absolute Gasteiger partial charge is 0.485 e. The van der Waals surface area contributed by atoms with Gasteiger partial charge in [0.1, 0.15) is 11.9 Å². The first-order chi connectivity index (χ1) is 10.2. The summed E-state index contributed by atoms with van der Waals surface area (Å²) in [6.45, 7) is 0.580. The highest BCUT2D eigenvalue weighted by Gasteiger charge is 2.28. The number of rotatable bonds is 3. The molecule has 0 saturated carbocycles. The second-order valence-electron chi connectivity index (χ2n) is 5.26. The van der Waals surface area contributed by atoms with Gasteiger partial charge in [-0.1, -0.05) is 46.3 Å². The molecule has 1 aliphatic heterocycles. The number of fused-ring (bicyclic) bond motifs is 1. The highest BCUT2D eigenvalue weighted by molar-refractivity contribution is 9.10. The van der Waals surface area contributed by atoms with Crippen LogP contribution < -0.4 is 10.5 Å². The van der Waals surface area contributed by atoms with Gasteiger partial charge in [0.25, 0.3) is 0 Å². The van der Waals surface area contributed by atoms with E-state index >= 15 is 0 Å². The quantitative estimate of drug-likeness (QED) is 0.908. The van der Waals surface area contributed by atoms with Crippen molar-refractivity contribution in [2.45, 2.75) is 25.2 Å². The maximum Gasteiger partial charge on any atom is 0.126 e. The Kier molecular flexibility index (Phi) is 4.29. The van der Waals surface area contributed by atoms with E-state index < -0.39 is 0 Å². The zero-order valence-electron chi connectivity index (χ0n) is 11.9. The number of hydrogen-bond donors (Lipinski definition) is 1. The Morgan fingerprint density at radius 3 is 2.86 bits per heavy atom. The van der Waals surface area contributed by atoms with Crippen molar-refractivity contribution in [3.63, 3.8) is 0 Å². The summed E-state index contributed by atoms with van der Waals surface area (Å²) in [5.74, 6) is 0.861. The summed E-state index contributed by atoms with van der Waals surface area (Å²) in [4.78, 5) is 0. The van der Waals surface area contributed by atoms with Gasteiger partial charge in [0, 0.05) is 29.6 Å². The molecule has 110 valence electrons. The number of benzene rings is 2. The molecule has 2 N–H and O–H groups in total. The standard InChI is InChI=1S/C17H18BrNO2/c1-20-10-11-4-2-3-5-13(11)17-9-15(19)14-7-6-12(18)8-16(14)21-17/h2-8,15,17H,9-10,19H2,1H3/t15-,17?/m0/s1. The predicted molar refractivity (Wildman–Crippen MR) is 86.2 cm³/mol. The molecule has 0 spiro atoms. The molecule has 0 fully saturated rings. The van der Waals surface area contributed by atoms with Crippen LogP contribution in [0.15, 0.2) is 46.9 Å². The van der Waals surface area contributed by atoms with Gasteiger partial charge in [0.2, 0.25) is 0 Å². The molecule has 1 aliphatic rings. The molecule has 0 aromatic heterocycles. The monoisotopic (exact) mass is 347 g/mol. The lowest BCUT2D eigenvalue weighted by atomic mass is 9.91. The molecule has 0 amide bonds. The van der Waals surface area contributed by atoms with Gasteiger partial charge < -0.3 is 15.2 Å². The van der Waals surface area contributed by atoms with Gasteiger partial charge in [0.15, 0.2) is 0 Å². The van der Waals surface area contributed by atoms with Crippen LogP contribution in [0, 0.1) is 0 Å². The van der Waals surface area contributed by atoms with Crippen LogP contribution in [0.2, 0.25) is 0 Å². The maximum atomic E-state index is 6.32. The van der Waals surface area contributed by atoms with E-state index in [9.17, 15) is 0 Å². The fourth-order valence-electron chi connectivity index (χ4n) is 2.80. The second kappa shape index (κ2) is 6.18. The Morgan fingerprint density at radius 1 is 1.24 bits per heavy atom. The third-order valence-electron chi connectivity index (χ3n) is 3.81. The summed E-state index contributed by atoms with van der Waals surface area (Å²) in [7, 11) is 1.71. The minimum atomic E-state index is -0.0341. The minimum absolute atomic E-state index is 0.0116. The number of ether oxygens (including phenoxy) is 2. The normalized spacial score (nSPS) is 20.7. The zero-order chi connectivity index (χ0) is 14.8. The van der Waals surface area contributed by atoms with Crippen molar-refractivity contribution in [2.75, 3.05) is 7.11 Å². The molecule has 0 saturated heterocycles. The molecule has 0 radical (unpaired) electrons. The van der Waals surface area contributed by atoms with Crippen LogP contribution in [-0.4, -0.2) is 7.11 Å². The fourth-order valence-corrected chi connectivity index (χ4v) is 3.14. The highest BCUT2D eigenvalue weighted by Crippen LogP contribution is 2.41. The number of nitrogens with two attached hydrogens (primary N) is 1. The third kappa shape index (κ3) is 2.98. The lowest BCUT2D eigenvalue weighted by Gasteiger charge is -2.31. The van der Waals surface area contributed by atoms with E-state index in [2.05, 4.69) is 28.1 Å². The smallest absolute Gasteiger partial charge is 0.126 e. The topological polar surface area (TPSA) is 44.5 Å². The van der Waals surface area contributed by atoms with Crippen LogP contribution in [-0.2, 0) is 11.3 Å². The van der Waals surface area contributed by atoms with Crippen LogP contribution in [0.3, 0.4) is 0 Å².